The van der Waals surface area contributed by atoms with E-state index >= 15 is 0 Å². The topological polar surface area (TPSA) is 38.8 Å². The number of hydrogen-bond acceptors (Lipinski definition) is 3. The summed E-state index contributed by atoms with van der Waals surface area (Å²) in [6.45, 7) is 1.12. The largest absolute Gasteiger partial charge is 0.447 e. The van der Waals surface area contributed by atoms with Gasteiger partial charge in [-0.05, 0) is 18.4 Å². The highest BCUT2D eigenvalue weighted by molar-refractivity contribution is 5.69. The van der Waals surface area contributed by atoms with Crippen molar-refractivity contribution in [1.29, 1.82) is 0 Å². The monoisotopic (exact) mass is 233 g/mol. The van der Waals surface area contributed by atoms with Crippen molar-refractivity contribution in [2.24, 2.45) is 0 Å². The molecule has 0 N–H and O–H groups in total. The van der Waals surface area contributed by atoms with Crippen LogP contribution in [0.1, 0.15) is 24.5 Å². The van der Waals surface area contributed by atoms with Crippen molar-refractivity contribution in [2.45, 2.75) is 25.2 Å². The molecule has 0 saturated carbocycles. The molecule has 2 unspecified atom stereocenters. The van der Waals surface area contributed by atoms with Crippen LogP contribution in [0, 0.1) is 0 Å². The number of cyclic esters (lactones) is 1. The van der Waals surface area contributed by atoms with Crippen LogP contribution in [-0.2, 0) is 9.47 Å². The number of amides is 1. The minimum Gasteiger partial charge on any atom is -0.447 e. The molecule has 0 bridgehead atoms. The first kappa shape index (κ1) is 10.6. The molecule has 2 aliphatic heterocycles. The van der Waals surface area contributed by atoms with Gasteiger partial charge in [0.15, 0.2) is 0 Å². The van der Waals surface area contributed by atoms with Crippen LogP contribution in [0.15, 0.2) is 30.3 Å². The first-order valence-electron chi connectivity index (χ1n) is 5.98. The molecule has 0 aromatic heterocycles. The van der Waals surface area contributed by atoms with Gasteiger partial charge in [-0.1, -0.05) is 30.3 Å². The molecule has 17 heavy (non-hydrogen) atoms. The Kier molecular flexibility index (Phi) is 2.73. The average molecular weight is 233 g/mol. The quantitative estimate of drug-likeness (QED) is 0.786. The molecule has 1 aromatic rings. The lowest BCUT2D eigenvalue weighted by molar-refractivity contribution is -0.0301. The summed E-state index contributed by atoms with van der Waals surface area (Å²) < 4.78 is 10.9. The van der Waals surface area contributed by atoms with Crippen LogP contribution in [-0.4, -0.2) is 30.4 Å². The van der Waals surface area contributed by atoms with Gasteiger partial charge in [-0.15, -0.1) is 0 Å². The van der Waals surface area contributed by atoms with Crippen molar-refractivity contribution >= 4 is 6.09 Å². The summed E-state index contributed by atoms with van der Waals surface area (Å²) in [6, 6.07) is 10.1. The number of benzene rings is 1. The second-order valence-corrected chi connectivity index (χ2v) is 4.38. The molecule has 3 rings (SSSR count). The Morgan fingerprint density at radius 1 is 1.18 bits per heavy atom. The summed E-state index contributed by atoms with van der Waals surface area (Å²) in [7, 11) is 0. The third-order valence-corrected chi connectivity index (χ3v) is 3.31. The van der Waals surface area contributed by atoms with E-state index < -0.39 is 0 Å². The molecule has 1 amide bonds. The summed E-state index contributed by atoms with van der Waals surface area (Å²) in [5, 5.41) is 0. The standard InChI is InChI=1S/C13H15NO3/c15-13-14(8-9-16-13)12-7-6-11(17-12)10-4-2-1-3-5-10/h1-5,11-12H,6-9H2. The molecule has 1 aromatic carbocycles. The third-order valence-electron chi connectivity index (χ3n) is 3.31. The van der Waals surface area contributed by atoms with E-state index in [0.29, 0.717) is 13.2 Å². The van der Waals surface area contributed by atoms with Gasteiger partial charge in [0.2, 0.25) is 0 Å². The van der Waals surface area contributed by atoms with E-state index in [1.165, 1.54) is 5.56 Å². The molecule has 2 aliphatic rings. The molecule has 2 fully saturated rings. The van der Waals surface area contributed by atoms with Gasteiger partial charge in [0.1, 0.15) is 12.8 Å². The van der Waals surface area contributed by atoms with Gasteiger partial charge in [0.05, 0.1) is 12.6 Å². The SMILES string of the molecule is O=C1OCCN1C1CCC(c2ccccc2)O1. The minimum absolute atomic E-state index is 0.106. The zero-order chi connectivity index (χ0) is 11.7. The maximum atomic E-state index is 11.4. The van der Waals surface area contributed by atoms with Gasteiger partial charge in [0, 0.05) is 0 Å². The van der Waals surface area contributed by atoms with Gasteiger partial charge in [-0.3, -0.25) is 4.90 Å². The van der Waals surface area contributed by atoms with Crippen LogP contribution in [0.2, 0.25) is 0 Å². The van der Waals surface area contributed by atoms with Crippen LogP contribution in [0.25, 0.3) is 0 Å². The average Bonchev–Trinajstić information content (AvgIpc) is 2.98. The van der Waals surface area contributed by atoms with Crippen molar-refractivity contribution in [3.05, 3.63) is 35.9 Å². The van der Waals surface area contributed by atoms with Gasteiger partial charge >= 0.3 is 6.09 Å². The highest BCUT2D eigenvalue weighted by atomic mass is 16.6. The van der Waals surface area contributed by atoms with E-state index in [2.05, 4.69) is 12.1 Å². The number of rotatable bonds is 2. The highest BCUT2D eigenvalue weighted by Crippen LogP contribution is 2.34. The number of ether oxygens (including phenoxy) is 2. The maximum absolute atomic E-state index is 11.4. The summed E-state index contributed by atoms with van der Waals surface area (Å²) >= 11 is 0. The van der Waals surface area contributed by atoms with Crippen LogP contribution in [0.5, 0.6) is 0 Å². The molecule has 0 radical (unpaired) electrons. The van der Waals surface area contributed by atoms with Gasteiger partial charge in [-0.2, -0.15) is 0 Å². The Morgan fingerprint density at radius 3 is 2.71 bits per heavy atom. The van der Waals surface area contributed by atoms with E-state index in [9.17, 15) is 4.79 Å². The Bertz CT molecular complexity index is 406. The normalized spacial score (nSPS) is 28.5. The van der Waals surface area contributed by atoms with Gasteiger partial charge in [-0.25, -0.2) is 4.79 Å². The lowest BCUT2D eigenvalue weighted by Crippen LogP contribution is -2.35. The first-order chi connectivity index (χ1) is 8.34. The molecule has 2 atom stereocenters. The minimum atomic E-state index is -0.247. The molecule has 4 nitrogen and oxygen atoms in total. The fourth-order valence-electron chi connectivity index (χ4n) is 2.43. The molecule has 2 heterocycles. The first-order valence-corrected chi connectivity index (χ1v) is 5.98. The van der Waals surface area contributed by atoms with Crippen LogP contribution < -0.4 is 0 Å². The molecular formula is C13H15NO3. The predicted molar refractivity (Wildman–Crippen MR) is 61.3 cm³/mol. The van der Waals surface area contributed by atoms with E-state index in [1.54, 1.807) is 4.90 Å². The molecule has 2 saturated heterocycles. The second-order valence-electron chi connectivity index (χ2n) is 4.38. The predicted octanol–water partition coefficient (Wildman–Crippen LogP) is 2.32. The van der Waals surface area contributed by atoms with Crippen molar-refractivity contribution in [2.75, 3.05) is 13.2 Å². The second kappa shape index (κ2) is 4.37. The summed E-state index contributed by atoms with van der Waals surface area (Å²) in [6.07, 6.45) is 1.58. The highest BCUT2D eigenvalue weighted by Gasteiger charge is 2.36. The summed E-state index contributed by atoms with van der Waals surface area (Å²) in [5.41, 5.74) is 1.18. The van der Waals surface area contributed by atoms with Crippen LogP contribution in [0.3, 0.4) is 0 Å². The zero-order valence-corrected chi connectivity index (χ0v) is 9.54. The summed E-state index contributed by atoms with van der Waals surface area (Å²) in [4.78, 5) is 13.1. The Hall–Kier alpha value is -1.55. The number of nitrogens with zero attached hydrogens (tertiary/aromatic N) is 1. The number of carbonyl (C=O) groups excluding carboxylic acids is 1. The van der Waals surface area contributed by atoms with Crippen molar-refractivity contribution in [1.82, 2.24) is 4.90 Å². The third kappa shape index (κ3) is 2.00. The van der Waals surface area contributed by atoms with E-state index in [-0.39, 0.29) is 18.4 Å². The molecular weight excluding hydrogens is 218 g/mol. The molecule has 0 spiro atoms. The van der Waals surface area contributed by atoms with Crippen LogP contribution >= 0.6 is 0 Å². The van der Waals surface area contributed by atoms with Crippen molar-refractivity contribution in [3.8, 4) is 0 Å². The molecule has 90 valence electrons. The van der Waals surface area contributed by atoms with Gasteiger partial charge in [0.25, 0.3) is 0 Å². The number of carbonyl (C=O) groups is 1. The van der Waals surface area contributed by atoms with E-state index in [1.807, 2.05) is 18.2 Å². The molecule has 0 aliphatic carbocycles. The van der Waals surface area contributed by atoms with Crippen molar-refractivity contribution in [3.63, 3.8) is 0 Å². The lowest BCUT2D eigenvalue weighted by Gasteiger charge is -2.21. The Labute approximate surface area is 100 Å². The lowest BCUT2D eigenvalue weighted by atomic mass is 10.1. The fourth-order valence-corrected chi connectivity index (χ4v) is 2.43. The van der Waals surface area contributed by atoms with Crippen molar-refractivity contribution < 1.29 is 14.3 Å². The Morgan fingerprint density at radius 2 is 2.00 bits per heavy atom. The Balaban J connectivity index is 1.68. The molecule has 4 heteroatoms. The maximum Gasteiger partial charge on any atom is 0.412 e. The van der Waals surface area contributed by atoms with Crippen LogP contribution in [0.4, 0.5) is 4.79 Å². The fraction of sp³-hybridized carbons (Fsp3) is 0.462. The van der Waals surface area contributed by atoms with Gasteiger partial charge < -0.3 is 9.47 Å². The van der Waals surface area contributed by atoms with E-state index in [4.69, 9.17) is 9.47 Å². The van der Waals surface area contributed by atoms with E-state index in [0.717, 1.165) is 12.8 Å². The number of hydrogen-bond donors (Lipinski definition) is 0. The smallest absolute Gasteiger partial charge is 0.412 e. The zero-order valence-electron chi connectivity index (χ0n) is 9.54. The summed E-state index contributed by atoms with van der Waals surface area (Å²) in [5.74, 6) is 0.